The molecule has 0 aliphatic heterocycles. The number of nitrogens with zero attached hydrogens (tertiary/aromatic N) is 2. The lowest BCUT2D eigenvalue weighted by Gasteiger charge is -2.09. The number of rotatable bonds is 5. The lowest BCUT2D eigenvalue weighted by atomic mass is 10.1. The van der Waals surface area contributed by atoms with Gasteiger partial charge in [0.05, 0.1) is 30.0 Å². The highest BCUT2D eigenvalue weighted by Crippen LogP contribution is 2.31. The summed E-state index contributed by atoms with van der Waals surface area (Å²) in [5.74, 6) is -1.46. The summed E-state index contributed by atoms with van der Waals surface area (Å²) in [4.78, 5) is 23.4. The smallest absolute Gasteiger partial charge is 0.337 e. The second-order valence-electron chi connectivity index (χ2n) is 5.15. The van der Waals surface area contributed by atoms with Crippen molar-refractivity contribution < 1.29 is 19.4 Å². The molecule has 2 heterocycles. The number of aromatic carboxylic acids is 1. The molecule has 0 aromatic carbocycles. The number of ether oxygens (including phenoxy) is 1. The van der Waals surface area contributed by atoms with Crippen LogP contribution in [0.4, 0.5) is 0 Å². The van der Waals surface area contributed by atoms with Crippen molar-refractivity contribution in [3.63, 3.8) is 0 Å². The van der Waals surface area contributed by atoms with Crippen molar-refractivity contribution in [1.82, 2.24) is 9.13 Å². The normalized spacial score (nSPS) is 10.7. The molecule has 2 rings (SSSR count). The Bertz CT molecular complexity index is 725. The first-order chi connectivity index (χ1) is 10.4. The van der Waals surface area contributed by atoms with E-state index in [2.05, 4.69) is 0 Å². The first-order valence-electron chi connectivity index (χ1n) is 7.07. The van der Waals surface area contributed by atoms with Gasteiger partial charge in [-0.25, -0.2) is 4.79 Å². The summed E-state index contributed by atoms with van der Waals surface area (Å²) in [6.07, 6.45) is 1.84. The molecule has 0 atom stereocenters. The molecule has 0 saturated heterocycles. The molecular formula is C16H20N2O4. The molecule has 2 aromatic heterocycles. The zero-order valence-corrected chi connectivity index (χ0v) is 13.2. The van der Waals surface area contributed by atoms with Crippen molar-refractivity contribution in [1.29, 1.82) is 0 Å². The molecule has 2 aromatic rings. The Kier molecular flexibility index (Phi) is 4.40. The van der Waals surface area contributed by atoms with E-state index in [0.717, 1.165) is 11.4 Å². The van der Waals surface area contributed by atoms with Crippen LogP contribution in [0, 0.1) is 6.92 Å². The van der Waals surface area contributed by atoms with Gasteiger partial charge >= 0.3 is 11.9 Å². The van der Waals surface area contributed by atoms with E-state index in [9.17, 15) is 14.7 Å². The molecule has 0 radical (unpaired) electrons. The summed E-state index contributed by atoms with van der Waals surface area (Å²) < 4.78 is 8.64. The highest BCUT2D eigenvalue weighted by atomic mass is 16.5. The minimum absolute atomic E-state index is 0.0583. The van der Waals surface area contributed by atoms with Gasteiger partial charge in [0.25, 0.3) is 0 Å². The van der Waals surface area contributed by atoms with E-state index in [1.54, 1.807) is 25.5 Å². The maximum Gasteiger partial charge on any atom is 0.337 e. The van der Waals surface area contributed by atoms with E-state index in [4.69, 9.17) is 4.74 Å². The van der Waals surface area contributed by atoms with Gasteiger partial charge in [0.2, 0.25) is 0 Å². The van der Waals surface area contributed by atoms with Crippen LogP contribution in [0.15, 0.2) is 18.3 Å². The fraction of sp³-hybridized carbons (Fsp3) is 0.375. The molecule has 0 fully saturated rings. The molecule has 0 aliphatic carbocycles. The Morgan fingerprint density at radius 3 is 2.50 bits per heavy atom. The van der Waals surface area contributed by atoms with Crippen LogP contribution in [0.25, 0.3) is 11.4 Å². The van der Waals surface area contributed by atoms with Crippen molar-refractivity contribution in [3.05, 3.63) is 35.2 Å². The highest BCUT2D eigenvalue weighted by Gasteiger charge is 2.26. The second kappa shape index (κ2) is 6.09. The molecular weight excluding hydrogens is 284 g/mol. The molecule has 6 nitrogen and oxygen atoms in total. The molecule has 1 N–H and O–H groups in total. The standard InChI is InChI=1S/C16H20N2O4/c1-5-22-13(19)9-12-14(16(20)21)10(2)15(18(12)4)11-7-6-8-17(11)3/h6-8H,5,9H2,1-4H3,(H,20,21). The monoisotopic (exact) mass is 304 g/mol. The zero-order chi connectivity index (χ0) is 16.4. The molecule has 0 bridgehead atoms. The predicted octanol–water partition coefficient (Wildman–Crippen LogP) is 2.14. The first-order valence-corrected chi connectivity index (χ1v) is 7.07. The lowest BCUT2D eigenvalue weighted by molar-refractivity contribution is -0.142. The van der Waals surface area contributed by atoms with Crippen LogP contribution in [0.2, 0.25) is 0 Å². The molecule has 118 valence electrons. The third kappa shape index (κ3) is 2.64. The minimum atomic E-state index is -1.03. The number of aromatic nitrogens is 2. The number of carbonyl (C=O) groups excluding carboxylic acids is 1. The SMILES string of the molecule is CCOC(=O)Cc1c(C(=O)O)c(C)c(-c2cccn2C)n1C. The van der Waals surface area contributed by atoms with Gasteiger partial charge in [-0.05, 0) is 31.5 Å². The lowest BCUT2D eigenvalue weighted by Crippen LogP contribution is -2.14. The van der Waals surface area contributed by atoms with Crippen LogP contribution in [0.3, 0.4) is 0 Å². The quantitative estimate of drug-likeness (QED) is 0.859. The summed E-state index contributed by atoms with van der Waals surface area (Å²) in [6.45, 7) is 3.76. The summed E-state index contributed by atoms with van der Waals surface area (Å²) in [5.41, 5.74) is 2.98. The van der Waals surface area contributed by atoms with Gasteiger partial charge < -0.3 is 19.0 Å². The van der Waals surface area contributed by atoms with Crippen molar-refractivity contribution >= 4 is 11.9 Å². The Hall–Kier alpha value is -2.50. The molecule has 0 saturated carbocycles. The summed E-state index contributed by atoms with van der Waals surface area (Å²) in [6, 6.07) is 3.81. The Morgan fingerprint density at radius 2 is 2.00 bits per heavy atom. The van der Waals surface area contributed by atoms with Gasteiger partial charge in [0, 0.05) is 26.0 Å². The Labute approximate surface area is 128 Å². The molecule has 0 aliphatic rings. The van der Waals surface area contributed by atoms with Gasteiger partial charge in [-0.3, -0.25) is 4.79 Å². The van der Waals surface area contributed by atoms with Crippen LogP contribution >= 0.6 is 0 Å². The van der Waals surface area contributed by atoms with Crippen molar-refractivity contribution in [3.8, 4) is 11.4 Å². The third-order valence-corrected chi connectivity index (χ3v) is 3.78. The maximum absolute atomic E-state index is 11.8. The molecule has 0 spiro atoms. The van der Waals surface area contributed by atoms with Gasteiger partial charge in [0.15, 0.2) is 0 Å². The zero-order valence-electron chi connectivity index (χ0n) is 13.2. The van der Waals surface area contributed by atoms with Gasteiger partial charge in [0.1, 0.15) is 0 Å². The van der Waals surface area contributed by atoms with Crippen molar-refractivity contribution in [2.75, 3.05) is 6.61 Å². The number of hydrogen-bond donors (Lipinski definition) is 1. The number of carboxylic acid groups (broad SMARTS) is 1. The van der Waals surface area contributed by atoms with E-state index >= 15 is 0 Å². The number of carbonyl (C=O) groups is 2. The van der Waals surface area contributed by atoms with E-state index in [0.29, 0.717) is 11.3 Å². The number of hydrogen-bond acceptors (Lipinski definition) is 3. The Balaban J connectivity index is 2.61. The van der Waals surface area contributed by atoms with Gasteiger partial charge in [-0.15, -0.1) is 0 Å². The molecule has 22 heavy (non-hydrogen) atoms. The minimum Gasteiger partial charge on any atom is -0.478 e. The van der Waals surface area contributed by atoms with Crippen LogP contribution in [-0.4, -0.2) is 32.8 Å². The summed E-state index contributed by atoms with van der Waals surface area (Å²) >= 11 is 0. The molecule has 0 amide bonds. The number of aryl methyl sites for hydroxylation is 1. The largest absolute Gasteiger partial charge is 0.478 e. The van der Waals surface area contributed by atoms with Crippen LogP contribution in [0.1, 0.15) is 28.5 Å². The molecule has 6 heteroatoms. The van der Waals surface area contributed by atoms with Gasteiger partial charge in [-0.2, -0.15) is 0 Å². The second-order valence-corrected chi connectivity index (χ2v) is 5.15. The summed E-state index contributed by atoms with van der Waals surface area (Å²) in [7, 11) is 3.67. The molecule has 0 unspecified atom stereocenters. The topological polar surface area (TPSA) is 73.5 Å². The van der Waals surface area contributed by atoms with Crippen molar-refractivity contribution in [2.45, 2.75) is 20.3 Å². The van der Waals surface area contributed by atoms with Crippen LogP contribution in [-0.2, 0) is 30.0 Å². The fourth-order valence-electron chi connectivity index (χ4n) is 2.80. The highest BCUT2D eigenvalue weighted by molar-refractivity contribution is 5.95. The summed E-state index contributed by atoms with van der Waals surface area (Å²) in [5, 5.41) is 9.52. The van der Waals surface area contributed by atoms with E-state index in [-0.39, 0.29) is 18.6 Å². The van der Waals surface area contributed by atoms with Crippen molar-refractivity contribution in [2.24, 2.45) is 14.1 Å². The third-order valence-electron chi connectivity index (χ3n) is 3.78. The van der Waals surface area contributed by atoms with E-state index in [1.165, 1.54) is 0 Å². The first kappa shape index (κ1) is 15.9. The average Bonchev–Trinajstić information content (AvgIpc) is 2.93. The predicted molar refractivity (Wildman–Crippen MR) is 81.9 cm³/mol. The Morgan fingerprint density at radius 1 is 1.32 bits per heavy atom. The fourth-order valence-corrected chi connectivity index (χ4v) is 2.80. The number of esters is 1. The van der Waals surface area contributed by atoms with Crippen LogP contribution in [0.5, 0.6) is 0 Å². The average molecular weight is 304 g/mol. The van der Waals surface area contributed by atoms with Crippen LogP contribution < -0.4 is 0 Å². The van der Waals surface area contributed by atoms with E-state index < -0.39 is 11.9 Å². The van der Waals surface area contributed by atoms with Gasteiger partial charge in [-0.1, -0.05) is 0 Å². The maximum atomic E-state index is 11.8. The van der Waals surface area contributed by atoms with E-state index in [1.807, 2.05) is 29.9 Å². The number of carboxylic acids is 1.